The molecule has 0 radical (unpaired) electrons. The van der Waals surface area contributed by atoms with Gasteiger partial charge in [0, 0.05) is 14.2 Å². The van der Waals surface area contributed by atoms with Gasteiger partial charge < -0.3 is 18.8 Å². The summed E-state index contributed by atoms with van der Waals surface area (Å²) in [4.78, 5) is 28.7. The van der Waals surface area contributed by atoms with Crippen LogP contribution in [0.5, 0.6) is 0 Å². The Kier molecular flexibility index (Phi) is 11.0. The second-order valence-corrected chi connectivity index (χ2v) is 7.22. The summed E-state index contributed by atoms with van der Waals surface area (Å²) in [6, 6.07) is 4.69. The zero-order valence-corrected chi connectivity index (χ0v) is 17.2. The van der Waals surface area contributed by atoms with Crippen molar-refractivity contribution < 1.29 is 60.3 Å². The van der Waals surface area contributed by atoms with Gasteiger partial charge in [0.15, 0.2) is 19.7 Å². The van der Waals surface area contributed by atoms with Crippen molar-refractivity contribution in [1.29, 1.82) is 0 Å². The number of ether oxygens (including phenoxy) is 2. The van der Waals surface area contributed by atoms with Crippen molar-refractivity contribution in [2.75, 3.05) is 34.4 Å². The largest absolute Gasteiger partial charge is 0.395 e. The molecule has 0 unspecified atom stereocenters. The lowest BCUT2D eigenvalue weighted by Crippen LogP contribution is -2.52. The van der Waals surface area contributed by atoms with Crippen LogP contribution >= 0.6 is 11.6 Å². The van der Waals surface area contributed by atoms with Crippen molar-refractivity contribution in [1.82, 2.24) is 0 Å². The zero-order chi connectivity index (χ0) is 22.8. The molecule has 15 heteroatoms. The first-order valence-electron chi connectivity index (χ1n) is 7.87. The van der Waals surface area contributed by atoms with Crippen LogP contribution in [0.25, 0.3) is 0 Å². The average molecular weight is 481 g/mol. The number of benzene rings is 1. The van der Waals surface area contributed by atoms with E-state index in [4.69, 9.17) is 11.6 Å². The second-order valence-electron chi connectivity index (χ2n) is 5.30. The maximum Gasteiger partial charge on any atom is 0.395 e. The van der Waals surface area contributed by atoms with E-state index in [1.165, 1.54) is 19.2 Å². The van der Waals surface area contributed by atoms with E-state index in [1.54, 1.807) is 0 Å². The topological polar surface area (TPSA) is 136 Å². The molecular formula is C15H19ClF2O11S. The molecule has 0 bridgehead atoms. The van der Waals surface area contributed by atoms with Crippen LogP contribution in [0.4, 0.5) is 8.78 Å². The number of methoxy groups -OCH3 is 2. The van der Waals surface area contributed by atoms with Crippen LogP contribution in [0.1, 0.15) is 0 Å². The molecule has 0 spiro atoms. The number of hydrogen-bond acceptors (Lipinski definition) is 11. The fraction of sp³-hybridized carbons (Fsp3) is 0.533. The van der Waals surface area contributed by atoms with Gasteiger partial charge in [0.1, 0.15) is 17.6 Å². The Morgan fingerprint density at radius 3 is 2.33 bits per heavy atom. The predicted octanol–water partition coefficient (Wildman–Crippen LogP) is 1.04. The molecule has 0 amide bonds. The molecule has 1 aromatic rings. The van der Waals surface area contributed by atoms with Crippen LogP contribution in [-0.2, 0) is 48.1 Å². The standard InChI is InChI=1S/C15H19ClF2O11S/c1-23-8-26-25-7-11(19)13(28-27-9-24-2)15(17,18)14(20)29-30(21,22)12-6-4-3-5-10(12)16/h3-6,11,13,19H,7-9H2,1-2H3/t11-,13-/m1/s1. The Morgan fingerprint density at radius 2 is 1.73 bits per heavy atom. The van der Waals surface area contributed by atoms with Crippen molar-refractivity contribution in [3.05, 3.63) is 29.3 Å². The Hall–Kier alpha value is -1.49. The fourth-order valence-electron chi connectivity index (χ4n) is 1.77. The molecule has 1 N–H and O–H groups in total. The van der Waals surface area contributed by atoms with Gasteiger partial charge >= 0.3 is 22.0 Å². The summed E-state index contributed by atoms with van der Waals surface area (Å²) < 4.78 is 66.3. The number of rotatable bonds is 14. The van der Waals surface area contributed by atoms with Crippen LogP contribution in [0, 0.1) is 0 Å². The molecule has 0 aliphatic heterocycles. The van der Waals surface area contributed by atoms with Crippen LogP contribution in [-0.4, -0.2) is 72.0 Å². The highest BCUT2D eigenvalue weighted by Gasteiger charge is 2.56. The molecular weight excluding hydrogens is 462 g/mol. The number of carbonyl (C=O) groups is 1. The van der Waals surface area contributed by atoms with Gasteiger partial charge in [-0.25, -0.2) is 24.3 Å². The summed E-state index contributed by atoms with van der Waals surface area (Å²) in [6.07, 6.45) is -5.02. The maximum atomic E-state index is 14.6. The SMILES string of the molecule is COCOOC[C@@H](O)[C@@H](OOCOC)C(F)(F)C(=O)OS(=O)(=O)c1ccccc1Cl. The third-order valence-corrected chi connectivity index (χ3v) is 4.80. The smallest absolute Gasteiger partial charge is 0.387 e. The molecule has 30 heavy (non-hydrogen) atoms. The molecule has 0 aromatic heterocycles. The van der Waals surface area contributed by atoms with Gasteiger partial charge in [0.05, 0.1) is 5.02 Å². The van der Waals surface area contributed by atoms with E-state index in [0.717, 1.165) is 19.2 Å². The van der Waals surface area contributed by atoms with E-state index in [0.29, 0.717) is 0 Å². The third kappa shape index (κ3) is 7.64. The van der Waals surface area contributed by atoms with E-state index in [2.05, 4.69) is 33.2 Å². The molecule has 0 aliphatic carbocycles. The van der Waals surface area contributed by atoms with Gasteiger partial charge in [-0.3, -0.25) is 0 Å². The molecule has 1 rings (SSSR count). The molecule has 0 aliphatic rings. The molecule has 0 heterocycles. The lowest BCUT2D eigenvalue weighted by molar-refractivity contribution is -0.404. The van der Waals surface area contributed by atoms with E-state index >= 15 is 0 Å². The number of halogens is 3. The van der Waals surface area contributed by atoms with Gasteiger partial charge in [0.25, 0.3) is 0 Å². The molecule has 172 valence electrons. The van der Waals surface area contributed by atoms with Crippen LogP contribution in [0.3, 0.4) is 0 Å². The lowest BCUT2D eigenvalue weighted by Gasteiger charge is -2.27. The lowest BCUT2D eigenvalue weighted by atomic mass is 10.1. The number of carbonyl (C=O) groups excluding carboxylic acids is 1. The minimum Gasteiger partial charge on any atom is -0.387 e. The molecule has 0 saturated carbocycles. The van der Waals surface area contributed by atoms with Crippen molar-refractivity contribution in [3.8, 4) is 0 Å². The van der Waals surface area contributed by atoms with Gasteiger partial charge in [-0.2, -0.15) is 17.2 Å². The number of aliphatic hydroxyl groups excluding tert-OH is 1. The summed E-state index contributed by atoms with van der Waals surface area (Å²) in [5.41, 5.74) is 0. The molecule has 11 nitrogen and oxygen atoms in total. The minimum absolute atomic E-state index is 0.367. The minimum atomic E-state index is -5.02. The van der Waals surface area contributed by atoms with Crippen LogP contribution < -0.4 is 0 Å². The van der Waals surface area contributed by atoms with Crippen LogP contribution in [0.2, 0.25) is 5.02 Å². The van der Waals surface area contributed by atoms with Crippen molar-refractivity contribution in [2.24, 2.45) is 0 Å². The number of hydrogen-bond donors (Lipinski definition) is 1. The normalized spacial score (nSPS) is 14.3. The fourth-order valence-corrected chi connectivity index (χ4v) is 3.14. The Balaban J connectivity index is 2.99. The van der Waals surface area contributed by atoms with Crippen molar-refractivity contribution in [2.45, 2.75) is 23.0 Å². The van der Waals surface area contributed by atoms with Crippen molar-refractivity contribution >= 4 is 27.7 Å². The van der Waals surface area contributed by atoms with Gasteiger partial charge in [-0.15, -0.1) is 0 Å². The van der Waals surface area contributed by atoms with E-state index in [9.17, 15) is 27.1 Å². The predicted molar refractivity (Wildman–Crippen MR) is 92.4 cm³/mol. The monoisotopic (exact) mass is 480 g/mol. The summed E-state index contributed by atoms with van der Waals surface area (Å²) in [5, 5.41) is 9.53. The maximum absolute atomic E-state index is 14.6. The van der Waals surface area contributed by atoms with E-state index in [1.807, 2.05) is 0 Å². The quantitative estimate of drug-likeness (QED) is 0.134. The highest BCUT2D eigenvalue weighted by atomic mass is 35.5. The molecule has 2 atom stereocenters. The molecule has 0 saturated heterocycles. The van der Waals surface area contributed by atoms with Crippen molar-refractivity contribution in [3.63, 3.8) is 0 Å². The average Bonchev–Trinajstić information content (AvgIpc) is 2.68. The first kappa shape index (κ1) is 26.5. The van der Waals surface area contributed by atoms with Gasteiger partial charge in [0.2, 0.25) is 0 Å². The summed E-state index contributed by atoms with van der Waals surface area (Å²) in [5.74, 6) is -7.29. The van der Waals surface area contributed by atoms with Crippen LogP contribution in [0.15, 0.2) is 29.2 Å². The Bertz CT molecular complexity index is 778. The number of aliphatic hydroxyl groups is 1. The summed E-state index contributed by atoms with van der Waals surface area (Å²) in [7, 11) is -2.64. The second kappa shape index (κ2) is 12.4. The highest BCUT2D eigenvalue weighted by Crippen LogP contribution is 2.30. The number of alkyl halides is 2. The van der Waals surface area contributed by atoms with Gasteiger partial charge in [-0.05, 0) is 12.1 Å². The zero-order valence-electron chi connectivity index (χ0n) is 15.7. The molecule has 0 fully saturated rings. The molecule has 1 aromatic carbocycles. The Morgan fingerprint density at radius 1 is 1.13 bits per heavy atom. The summed E-state index contributed by atoms with van der Waals surface area (Å²) in [6.45, 7) is -2.00. The van der Waals surface area contributed by atoms with E-state index < -0.39 is 59.3 Å². The van der Waals surface area contributed by atoms with Gasteiger partial charge in [-0.1, -0.05) is 23.7 Å². The first-order chi connectivity index (χ1) is 14.1. The third-order valence-electron chi connectivity index (χ3n) is 3.10. The Labute approximate surface area is 175 Å². The highest BCUT2D eigenvalue weighted by molar-refractivity contribution is 7.87. The van der Waals surface area contributed by atoms with E-state index in [-0.39, 0.29) is 5.02 Å². The summed E-state index contributed by atoms with van der Waals surface area (Å²) >= 11 is 5.69. The first-order valence-corrected chi connectivity index (χ1v) is 9.66.